The van der Waals surface area contributed by atoms with Crippen LogP contribution >= 0.6 is 0 Å². The van der Waals surface area contributed by atoms with Crippen molar-refractivity contribution < 1.29 is 9.47 Å². The maximum absolute atomic E-state index is 5.72. The van der Waals surface area contributed by atoms with E-state index in [4.69, 9.17) is 9.47 Å². The number of methoxy groups -OCH3 is 1. The fourth-order valence-corrected chi connectivity index (χ4v) is 3.25. The van der Waals surface area contributed by atoms with Crippen LogP contribution in [0.25, 0.3) is 11.3 Å². The van der Waals surface area contributed by atoms with Gasteiger partial charge in [0.05, 0.1) is 38.3 Å². The number of morpholine rings is 1. The summed E-state index contributed by atoms with van der Waals surface area (Å²) in [7, 11) is 1.67. The second-order valence-electron chi connectivity index (χ2n) is 6.33. The minimum absolute atomic E-state index is 0.108. The number of ether oxygens (including phenoxy) is 2. The lowest BCUT2D eigenvalue weighted by atomic mass is 10.1. The number of H-pyrrole nitrogens is 1. The van der Waals surface area contributed by atoms with Crippen LogP contribution in [0.2, 0.25) is 0 Å². The van der Waals surface area contributed by atoms with Crippen LogP contribution in [0.1, 0.15) is 17.4 Å². The molecule has 1 N–H and O–H groups in total. The van der Waals surface area contributed by atoms with Crippen molar-refractivity contribution in [1.29, 1.82) is 0 Å². The van der Waals surface area contributed by atoms with Crippen LogP contribution in [0, 0.1) is 0 Å². The van der Waals surface area contributed by atoms with Crippen LogP contribution in [-0.2, 0) is 11.3 Å². The molecule has 1 atom stereocenters. The first-order valence-corrected chi connectivity index (χ1v) is 8.73. The number of nitrogens with one attached hydrogen (secondary N) is 1. The molecule has 6 nitrogen and oxygen atoms in total. The summed E-state index contributed by atoms with van der Waals surface area (Å²) in [4.78, 5) is 14.6. The molecule has 1 aromatic carbocycles. The average Bonchev–Trinajstić information content (AvgIpc) is 3.19. The Hall–Kier alpha value is -2.70. The lowest BCUT2D eigenvalue weighted by Crippen LogP contribution is -2.39. The van der Waals surface area contributed by atoms with E-state index in [0.29, 0.717) is 6.61 Å². The zero-order valence-electron chi connectivity index (χ0n) is 14.8. The highest BCUT2D eigenvalue weighted by Crippen LogP contribution is 2.27. The molecular weight excluding hydrogens is 328 g/mol. The van der Waals surface area contributed by atoms with Crippen LogP contribution in [0.4, 0.5) is 0 Å². The molecule has 1 fully saturated rings. The van der Waals surface area contributed by atoms with E-state index in [0.717, 1.165) is 42.5 Å². The Morgan fingerprint density at radius 1 is 1.27 bits per heavy atom. The number of hydrogen-bond acceptors (Lipinski definition) is 5. The van der Waals surface area contributed by atoms with E-state index in [9.17, 15) is 0 Å². The number of imidazole rings is 1. The Bertz CT molecular complexity index is 850. The van der Waals surface area contributed by atoms with Crippen molar-refractivity contribution in [3.8, 4) is 17.0 Å². The van der Waals surface area contributed by atoms with Gasteiger partial charge in [0.25, 0.3) is 0 Å². The van der Waals surface area contributed by atoms with Gasteiger partial charge in [-0.05, 0) is 29.8 Å². The summed E-state index contributed by atoms with van der Waals surface area (Å²) in [6, 6.07) is 12.2. The molecule has 0 amide bonds. The Balaban J connectivity index is 1.56. The molecule has 4 rings (SSSR count). The summed E-state index contributed by atoms with van der Waals surface area (Å²) in [5.41, 5.74) is 3.28. The number of rotatable bonds is 5. The molecule has 0 spiro atoms. The first-order valence-electron chi connectivity index (χ1n) is 8.73. The van der Waals surface area contributed by atoms with Gasteiger partial charge in [-0.15, -0.1) is 0 Å². The van der Waals surface area contributed by atoms with E-state index in [-0.39, 0.29) is 6.04 Å². The normalized spacial score (nSPS) is 18.0. The lowest BCUT2D eigenvalue weighted by molar-refractivity contribution is -0.0156. The van der Waals surface area contributed by atoms with Crippen LogP contribution < -0.4 is 4.74 Å². The predicted molar refractivity (Wildman–Crippen MR) is 98.8 cm³/mol. The summed E-state index contributed by atoms with van der Waals surface area (Å²) in [5.74, 6) is 1.76. The van der Waals surface area contributed by atoms with Gasteiger partial charge >= 0.3 is 0 Å². The second-order valence-corrected chi connectivity index (χ2v) is 6.33. The minimum atomic E-state index is 0.108. The largest absolute Gasteiger partial charge is 0.497 e. The highest BCUT2D eigenvalue weighted by atomic mass is 16.5. The molecule has 0 saturated carbocycles. The van der Waals surface area contributed by atoms with Gasteiger partial charge in [-0.25, -0.2) is 4.98 Å². The smallest absolute Gasteiger partial charge is 0.126 e. The molecule has 6 heteroatoms. The Morgan fingerprint density at radius 2 is 2.15 bits per heavy atom. The summed E-state index contributed by atoms with van der Waals surface area (Å²) in [6.07, 6.45) is 5.54. The van der Waals surface area contributed by atoms with Gasteiger partial charge < -0.3 is 14.5 Å². The van der Waals surface area contributed by atoms with E-state index >= 15 is 0 Å². The molecular formula is C20H22N4O2. The molecule has 26 heavy (non-hydrogen) atoms. The van der Waals surface area contributed by atoms with Crippen LogP contribution in [-0.4, -0.2) is 46.7 Å². The molecule has 134 valence electrons. The van der Waals surface area contributed by atoms with Crippen molar-refractivity contribution in [2.24, 2.45) is 0 Å². The van der Waals surface area contributed by atoms with Crippen LogP contribution in [0.15, 0.2) is 55.0 Å². The van der Waals surface area contributed by atoms with Gasteiger partial charge in [0.15, 0.2) is 0 Å². The summed E-state index contributed by atoms with van der Waals surface area (Å²) in [5, 5.41) is 0. The Kier molecular flexibility index (Phi) is 4.95. The minimum Gasteiger partial charge on any atom is -0.497 e. The number of benzene rings is 1. The second kappa shape index (κ2) is 7.68. The van der Waals surface area contributed by atoms with Gasteiger partial charge in [0, 0.05) is 31.0 Å². The van der Waals surface area contributed by atoms with Gasteiger partial charge in [0.2, 0.25) is 0 Å². The van der Waals surface area contributed by atoms with E-state index in [1.54, 1.807) is 7.11 Å². The average molecular weight is 350 g/mol. The monoisotopic (exact) mass is 350 g/mol. The summed E-state index contributed by atoms with van der Waals surface area (Å²) in [6.45, 7) is 3.11. The zero-order chi connectivity index (χ0) is 17.8. The number of hydrogen-bond donors (Lipinski definition) is 1. The third-order valence-corrected chi connectivity index (χ3v) is 4.67. The maximum Gasteiger partial charge on any atom is 0.126 e. The summed E-state index contributed by atoms with van der Waals surface area (Å²) >= 11 is 0. The van der Waals surface area contributed by atoms with Crippen molar-refractivity contribution >= 4 is 0 Å². The van der Waals surface area contributed by atoms with Gasteiger partial charge in [-0.1, -0.05) is 12.1 Å². The zero-order valence-corrected chi connectivity index (χ0v) is 14.8. The standard InChI is InChI=1S/C20H22N4O2/c1-25-17-4-2-3-16(11-17)18-12-22-20(23-18)19-14-26-10-9-24(19)13-15-5-7-21-8-6-15/h2-8,11-12,19H,9-10,13-14H2,1H3,(H,22,23). The molecule has 1 saturated heterocycles. The molecule has 3 heterocycles. The third-order valence-electron chi connectivity index (χ3n) is 4.67. The lowest BCUT2D eigenvalue weighted by Gasteiger charge is -2.34. The number of aromatic nitrogens is 3. The molecule has 3 aromatic rings. The van der Waals surface area contributed by atoms with Gasteiger partial charge in [-0.3, -0.25) is 9.88 Å². The van der Waals surface area contributed by atoms with Crippen LogP contribution in [0.3, 0.4) is 0 Å². The molecule has 2 aromatic heterocycles. The Morgan fingerprint density at radius 3 is 3.00 bits per heavy atom. The van der Waals surface area contributed by atoms with Gasteiger partial charge in [0.1, 0.15) is 11.6 Å². The Labute approximate surface area is 152 Å². The van der Waals surface area contributed by atoms with E-state index < -0.39 is 0 Å². The molecule has 1 unspecified atom stereocenters. The quantitative estimate of drug-likeness (QED) is 0.766. The fraction of sp³-hybridized carbons (Fsp3) is 0.300. The molecule has 1 aliphatic heterocycles. The number of pyridine rings is 1. The molecule has 1 aliphatic rings. The van der Waals surface area contributed by atoms with Gasteiger partial charge in [-0.2, -0.15) is 0 Å². The fourth-order valence-electron chi connectivity index (χ4n) is 3.25. The van der Waals surface area contributed by atoms with Crippen molar-refractivity contribution in [2.45, 2.75) is 12.6 Å². The van der Waals surface area contributed by atoms with Crippen molar-refractivity contribution in [1.82, 2.24) is 19.9 Å². The van der Waals surface area contributed by atoms with Crippen LogP contribution in [0.5, 0.6) is 5.75 Å². The van der Waals surface area contributed by atoms with E-state index in [1.807, 2.05) is 42.9 Å². The molecule has 0 radical (unpaired) electrons. The molecule has 0 aliphatic carbocycles. The highest BCUT2D eigenvalue weighted by molar-refractivity contribution is 5.60. The first-order chi connectivity index (χ1) is 12.8. The SMILES string of the molecule is COc1cccc(-c2cnc(C3COCCN3Cc3ccncc3)[nH]2)c1. The van der Waals surface area contributed by atoms with E-state index in [2.05, 4.69) is 32.0 Å². The van der Waals surface area contributed by atoms with E-state index in [1.165, 1.54) is 5.56 Å². The first kappa shape index (κ1) is 16.8. The number of nitrogens with zero attached hydrogens (tertiary/aromatic N) is 3. The maximum atomic E-state index is 5.72. The predicted octanol–water partition coefficient (Wildman–Crippen LogP) is 3.05. The van der Waals surface area contributed by atoms with Crippen molar-refractivity contribution in [3.05, 3.63) is 66.4 Å². The highest BCUT2D eigenvalue weighted by Gasteiger charge is 2.27. The third kappa shape index (κ3) is 3.61. The summed E-state index contributed by atoms with van der Waals surface area (Å²) < 4.78 is 11.0. The number of aromatic amines is 1. The van der Waals surface area contributed by atoms with Crippen molar-refractivity contribution in [3.63, 3.8) is 0 Å². The molecule has 0 bridgehead atoms. The van der Waals surface area contributed by atoms with Crippen molar-refractivity contribution in [2.75, 3.05) is 26.9 Å². The topological polar surface area (TPSA) is 63.3 Å².